The molecule has 0 atom stereocenters. The Hall–Kier alpha value is -2.80. The van der Waals surface area contributed by atoms with E-state index >= 15 is 0 Å². The van der Waals surface area contributed by atoms with Gasteiger partial charge in [0, 0.05) is 17.5 Å². The summed E-state index contributed by atoms with van der Waals surface area (Å²) in [4.78, 5) is 12.9. The molecule has 0 aromatic heterocycles. The first-order valence-corrected chi connectivity index (χ1v) is 10.3. The van der Waals surface area contributed by atoms with E-state index in [9.17, 15) is 18.0 Å². The SMILES string of the molecule is O=C(O)CCN1CCC2(CC1)COc1cc(/C=C(/c3ccccc3)C(F)(F)F)ccc12. The average Bonchev–Trinajstić information content (AvgIpc) is 3.09. The molecule has 4 nitrogen and oxygen atoms in total. The van der Waals surface area contributed by atoms with Gasteiger partial charge in [-0.3, -0.25) is 4.79 Å². The van der Waals surface area contributed by atoms with Crippen LogP contribution in [0.3, 0.4) is 0 Å². The third-order valence-electron chi connectivity index (χ3n) is 6.24. The molecule has 2 aliphatic rings. The Morgan fingerprint density at radius 3 is 2.48 bits per heavy atom. The van der Waals surface area contributed by atoms with Crippen LogP contribution in [0, 0.1) is 0 Å². The number of piperidine rings is 1. The molecule has 164 valence electrons. The lowest BCUT2D eigenvalue weighted by atomic mass is 9.74. The van der Waals surface area contributed by atoms with Crippen LogP contribution in [-0.2, 0) is 10.2 Å². The molecule has 4 rings (SSSR count). The second kappa shape index (κ2) is 8.38. The molecule has 2 aliphatic heterocycles. The van der Waals surface area contributed by atoms with Gasteiger partial charge in [-0.2, -0.15) is 13.2 Å². The van der Waals surface area contributed by atoms with Crippen LogP contribution >= 0.6 is 0 Å². The number of aliphatic carboxylic acids is 1. The molecule has 0 unspecified atom stereocenters. The highest BCUT2D eigenvalue weighted by Crippen LogP contribution is 2.46. The van der Waals surface area contributed by atoms with Crippen LogP contribution in [0.2, 0.25) is 0 Å². The van der Waals surface area contributed by atoms with E-state index in [1.165, 1.54) is 18.2 Å². The number of allylic oxidation sites excluding steroid dienone is 1. The molecule has 1 N–H and O–H groups in total. The number of nitrogens with zero attached hydrogens (tertiary/aromatic N) is 1. The monoisotopic (exact) mass is 431 g/mol. The molecule has 0 bridgehead atoms. The van der Waals surface area contributed by atoms with Crippen molar-refractivity contribution in [3.8, 4) is 5.75 Å². The van der Waals surface area contributed by atoms with Gasteiger partial charge < -0.3 is 14.7 Å². The molecule has 31 heavy (non-hydrogen) atoms. The Kier molecular flexibility index (Phi) is 5.79. The Morgan fingerprint density at radius 1 is 1.13 bits per heavy atom. The van der Waals surface area contributed by atoms with Gasteiger partial charge in [0.2, 0.25) is 0 Å². The fourth-order valence-electron chi connectivity index (χ4n) is 4.47. The number of fused-ring (bicyclic) bond motifs is 2. The molecule has 1 saturated heterocycles. The molecule has 1 fully saturated rings. The van der Waals surface area contributed by atoms with Crippen molar-refractivity contribution < 1.29 is 27.8 Å². The van der Waals surface area contributed by atoms with Gasteiger partial charge in [0.25, 0.3) is 0 Å². The van der Waals surface area contributed by atoms with Crippen molar-refractivity contribution in [1.82, 2.24) is 4.90 Å². The van der Waals surface area contributed by atoms with E-state index in [1.807, 2.05) is 6.07 Å². The Morgan fingerprint density at radius 2 is 1.84 bits per heavy atom. The summed E-state index contributed by atoms with van der Waals surface area (Å²) in [5.41, 5.74) is 0.777. The molecule has 2 aromatic rings. The van der Waals surface area contributed by atoms with E-state index in [2.05, 4.69) is 4.90 Å². The van der Waals surface area contributed by atoms with Crippen LogP contribution in [0.1, 0.15) is 36.0 Å². The van der Waals surface area contributed by atoms with Gasteiger partial charge in [-0.15, -0.1) is 0 Å². The molecule has 0 saturated carbocycles. The highest BCUT2D eigenvalue weighted by Gasteiger charge is 2.43. The van der Waals surface area contributed by atoms with Crippen LogP contribution in [0.5, 0.6) is 5.75 Å². The minimum absolute atomic E-state index is 0.124. The van der Waals surface area contributed by atoms with Gasteiger partial charge in [-0.1, -0.05) is 42.5 Å². The molecule has 0 amide bonds. The molecule has 2 heterocycles. The quantitative estimate of drug-likeness (QED) is 0.678. The number of ether oxygens (including phenoxy) is 1. The number of hydrogen-bond donors (Lipinski definition) is 1. The van der Waals surface area contributed by atoms with Crippen molar-refractivity contribution in [2.24, 2.45) is 0 Å². The molecule has 0 radical (unpaired) electrons. The number of alkyl halides is 3. The molecular formula is C24H24F3NO3. The molecule has 2 aromatic carbocycles. The van der Waals surface area contributed by atoms with Crippen molar-refractivity contribution in [2.45, 2.75) is 30.9 Å². The van der Waals surface area contributed by atoms with Crippen molar-refractivity contribution in [3.05, 3.63) is 65.2 Å². The lowest BCUT2D eigenvalue weighted by molar-refractivity contribution is -0.137. The van der Waals surface area contributed by atoms with Gasteiger partial charge in [0.05, 0.1) is 18.6 Å². The van der Waals surface area contributed by atoms with Crippen molar-refractivity contribution >= 4 is 17.6 Å². The number of halogens is 3. The summed E-state index contributed by atoms with van der Waals surface area (Å²) in [6.45, 7) is 2.60. The fraction of sp³-hybridized carbons (Fsp3) is 0.375. The number of carbonyl (C=O) groups is 1. The van der Waals surface area contributed by atoms with E-state index in [0.717, 1.165) is 31.5 Å². The number of carboxylic acids is 1. The van der Waals surface area contributed by atoms with Crippen LogP contribution in [0.15, 0.2) is 48.5 Å². The number of carboxylic acid groups (broad SMARTS) is 1. The van der Waals surface area contributed by atoms with Gasteiger partial charge in [0.15, 0.2) is 0 Å². The number of likely N-dealkylation sites (tertiary alicyclic amines) is 1. The van der Waals surface area contributed by atoms with Crippen LogP contribution in [-0.4, -0.2) is 48.4 Å². The maximum absolute atomic E-state index is 13.7. The zero-order valence-electron chi connectivity index (χ0n) is 17.0. The first kappa shape index (κ1) is 21.4. The van der Waals surface area contributed by atoms with E-state index in [-0.39, 0.29) is 17.4 Å². The second-order valence-corrected chi connectivity index (χ2v) is 8.23. The van der Waals surface area contributed by atoms with Crippen LogP contribution in [0.25, 0.3) is 11.6 Å². The summed E-state index contributed by atoms with van der Waals surface area (Å²) in [6, 6.07) is 13.1. The summed E-state index contributed by atoms with van der Waals surface area (Å²) in [6.07, 6.45) is -1.50. The predicted octanol–water partition coefficient (Wildman–Crippen LogP) is 4.99. The van der Waals surface area contributed by atoms with E-state index in [0.29, 0.717) is 24.5 Å². The number of rotatable bonds is 5. The summed E-state index contributed by atoms with van der Waals surface area (Å²) in [7, 11) is 0. The van der Waals surface area contributed by atoms with Gasteiger partial charge >= 0.3 is 12.1 Å². The van der Waals surface area contributed by atoms with Gasteiger partial charge in [0.1, 0.15) is 5.75 Å². The average molecular weight is 431 g/mol. The predicted molar refractivity (Wildman–Crippen MR) is 112 cm³/mol. The smallest absolute Gasteiger partial charge is 0.417 e. The van der Waals surface area contributed by atoms with E-state index in [1.54, 1.807) is 30.3 Å². The standard InChI is InChI=1S/C24H24F3NO3/c25-24(26,27)20(18-4-2-1-3-5-18)14-17-6-7-19-21(15-17)31-16-23(19)9-12-28(13-10-23)11-8-22(29)30/h1-7,14-15H,8-13,16H2,(H,29,30)/b20-14-. The second-order valence-electron chi connectivity index (χ2n) is 8.23. The highest BCUT2D eigenvalue weighted by molar-refractivity contribution is 5.84. The summed E-state index contributed by atoms with van der Waals surface area (Å²) in [5, 5.41) is 8.87. The Bertz CT molecular complexity index is 977. The van der Waals surface area contributed by atoms with E-state index in [4.69, 9.17) is 9.84 Å². The van der Waals surface area contributed by atoms with E-state index < -0.39 is 17.7 Å². The number of benzene rings is 2. The molecule has 1 spiro atoms. The maximum Gasteiger partial charge on any atom is 0.417 e. The van der Waals surface area contributed by atoms with Crippen molar-refractivity contribution in [1.29, 1.82) is 0 Å². The zero-order valence-corrected chi connectivity index (χ0v) is 17.0. The maximum atomic E-state index is 13.7. The topological polar surface area (TPSA) is 49.8 Å². The first-order valence-electron chi connectivity index (χ1n) is 10.3. The molecule has 0 aliphatic carbocycles. The summed E-state index contributed by atoms with van der Waals surface area (Å²) in [5.74, 6) is -0.161. The highest BCUT2D eigenvalue weighted by atomic mass is 19.4. The Balaban J connectivity index is 1.55. The normalized spacial score (nSPS) is 18.6. The third-order valence-corrected chi connectivity index (χ3v) is 6.24. The zero-order chi connectivity index (χ0) is 22.1. The molecular weight excluding hydrogens is 407 g/mol. The van der Waals surface area contributed by atoms with Gasteiger partial charge in [-0.05, 0) is 49.2 Å². The number of hydrogen-bond acceptors (Lipinski definition) is 3. The Labute approximate surface area is 178 Å². The van der Waals surface area contributed by atoms with Crippen molar-refractivity contribution in [3.63, 3.8) is 0 Å². The molecule has 7 heteroatoms. The first-order chi connectivity index (χ1) is 14.8. The lowest BCUT2D eigenvalue weighted by Gasteiger charge is -2.38. The van der Waals surface area contributed by atoms with Gasteiger partial charge in [-0.25, -0.2) is 0 Å². The lowest BCUT2D eigenvalue weighted by Crippen LogP contribution is -2.44. The summed E-state index contributed by atoms with van der Waals surface area (Å²) >= 11 is 0. The third kappa shape index (κ3) is 4.61. The minimum Gasteiger partial charge on any atom is -0.492 e. The van der Waals surface area contributed by atoms with Crippen LogP contribution < -0.4 is 4.74 Å². The summed E-state index contributed by atoms with van der Waals surface area (Å²) < 4.78 is 46.9. The largest absolute Gasteiger partial charge is 0.492 e. The fourth-order valence-corrected chi connectivity index (χ4v) is 4.47. The van der Waals surface area contributed by atoms with Crippen LogP contribution in [0.4, 0.5) is 13.2 Å². The minimum atomic E-state index is -4.47. The van der Waals surface area contributed by atoms with Crippen molar-refractivity contribution in [2.75, 3.05) is 26.2 Å².